The van der Waals surface area contributed by atoms with Crippen LogP contribution in [0.15, 0.2) is 218 Å². The molecule has 0 bridgehead atoms. The number of benzene rings is 11. The maximum atomic E-state index is 2.39. The Morgan fingerprint density at radius 2 is 0.643 bits per heavy atom. The third kappa shape index (κ3) is 5.22. The van der Waals surface area contributed by atoms with Crippen molar-refractivity contribution in [3.05, 3.63) is 218 Å². The fraction of sp³-hybridized carbons (Fsp3) is 0. The van der Waals surface area contributed by atoms with Crippen LogP contribution in [0.3, 0.4) is 0 Å². The highest BCUT2D eigenvalue weighted by Gasteiger charge is 2.22. The van der Waals surface area contributed by atoms with Gasteiger partial charge in [-0.05, 0) is 122 Å². The van der Waals surface area contributed by atoms with Crippen molar-refractivity contribution < 1.29 is 0 Å². The van der Waals surface area contributed by atoms with Crippen molar-refractivity contribution >= 4 is 53.9 Å². The molecular formula is C56H36. The second-order valence-electron chi connectivity index (χ2n) is 14.8. The first-order valence-corrected chi connectivity index (χ1v) is 19.4. The van der Waals surface area contributed by atoms with Crippen LogP contribution in [0.2, 0.25) is 0 Å². The molecule has 0 atom stereocenters. The van der Waals surface area contributed by atoms with Crippen molar-refractivity contribution in [1.82, 2.24) is 0 Å². The zero-order chi connectivity index (χ0) is 37.0. The smallest absolute Gasteiger partial charge is 0.00139 e. The predicted octanol–water partition coefficient (Wildman–Crippen LogP) is 15.8. The summed E-state index contributed by atoms with van der Waals surface area (Å²) < 4.78 is 0. The van der Waals surface area contributed by atoms with E-state index in [2.05, 4.69) is 218 Å². The van der Waals surface area contributed by atoms with Gasteiger partial charge in [-0.25, -0.2) is 0 Å². The van der Waals surface area contributed by atoms with Gasteiger partial charge in [0.2, 0.25) is 0 Å². The van der Waals surface area contributed by atoms with Crippen molar-refractivity contribution in [2.24, 2.45) is 0 Å². The van der Waals surface area contributed by atoms with Crippen LogP contribution in [-0.4, -0.2) is 0 Å². The van der Waals surface area contributed by atoms with E-state index in [1.807, 2.05) is 0 Å². The van der Waals surface area contributed by atoms with E-state index < -0.39 is 0 Å². The molecule has 0 aliphatic heterocycles. The van der Waals surface area contributed by atoms with E-state index in [1.54, 1.807) is 0 Å². The Morgan fingerprint density at radius 3 is 1.39 bits per heavy atom. The van der Waals surface area contributed by atoms with Crippen LogP contribution in [0.5, 0.6) is 0 Å². The largest absolute Gasteiger partial charge is 0.0616 e. The van der Waals surface area contributed by atoms with Gasteiger partial charge in [0, 0.05) is 0 Å². The summed E-state index contributed by atoms with van der Waals surface area (Å²) in [7, 11) is 0. The van der Waals surface area contributed by atoms with Crippen LogP contribution in [0.1, 0.15) is 0 Å². The molecule has 0 spiro atoms. The quantitative estimate of drug-likeness (QED) is 0.156. The van der Waals surface area contributed by atoms with E-state index in [-0.39, 0.29) is 0 Å². The van der Waals surface area contributed by atoms with Crippen molar-refractivity contribution in [3.63, 3.8) is 0 Å². The minimum atomic E-state index is 1.20. The third-order valence-electron chi connectivity index (χ3n) is 11.6. The van der Waals surface area contributed by atoms with E-state index in [0.29, 0.717) is 0 Å². The highest BCUT2D eigenvalue weighted by Crippen LogP contribution is 2.50. The molecule has 0 saturated carbocycles. The molecule has 0 heteroatoms. The second-order valence-corrected chi connectivity index (χ2v) is 14.8. The van der Waals surface area contributed by atoms with Crippen LogP contribution < -0.4 is 0 Å². The molecule has 56 heavy (non-hydrogen) atoms. The Hall–Kier alpha value is -7.28. The second kappa shape index (κ2) is 13.2. The molecule has 0 nitrogen and oxygen atoms in total. The molecule has 0 aromatic heterocycles. The maximum absolute atomic E-state index is 2.39. The molecule has 0 radical (unpaired) electrons. The van der Waals surface area contributed by atoms with Gasteiger partial charge in [0.05, 0.1) is 0 Å². The van der Waals surface area contributed by atoms with E-state index in [1.165, 1.54) is 109 Å². The lowest BCUT2D eigenvalue weighted by Gasteiger charge is -2.22. The summed E-state index contributed by atoms with van der Waals surface area (Å²) >= 11 is 0. The molecule has 0 unspecified atom stereocenters. The summed E-state index contributed by atoms with van der Waals surface area (Å²) in [5.41, 5.74) is 12.3. The van der Waals surface area contributed by atoms with Crippen LogP contribution in [0.4, 0.5) is 0 Å². The molecule has 260 valence electrons. The molecule has 11 aromatic carbocycles. The zero-order valence-electron chi connectivity index (χ0n) is 30.8. The Balaban J connectivity index is 1.27. The molecule has 0 heterocycles. The highest BCUT2D eigenvalue weighted by molar-refractivity contribution is 6.27. The number of hydrogen-bond donors (Lipinski definition) is 0. The van der Waals surface area contributed by atoms with Crippen molar-refractivity contribution in [1.29, 1.82) is 0 Å². The average Bonchev–Trinajstić information content (AvgIpc) is 3.27. The number of hydrogen-bond acceptors (Lipinski definition) is 0. The van der Waals surface area contributed by atoms with E-state index in [9.17, 15) is 0 Å². The molecule has 11 rings (SSSR count). The van der Waals surface area contributed by atoms with Gasteiger partial charge in [-0.1, -0.05) is 206 Å². The summed E-state index contributed by atoms with van der Waals surface area (Å²) in [6.45, 7) is 0. The van der Waals surface area contributed by atoms with Crippen LogP contribution in [0, 0.1) is 0 Å². The van der Waals surface area contributed by atoms with Crippen LogP contribution in [-0.2, 0) is 0 Å². The fourth-order valence-electron chi connectivity index (χ4n) is 9.12. The Morgan fingerprint density at radius 1 is 0.196 bits per heavy atom. The van der Waals surface area contributed by atoms with Crippen molar-refractivity contribution in [3.8, 4) is 55.6 Å². The number of rotatable bonds is 5. The standard InChI is InChI=1S/C56H36/c1-2-18-40-35-43(34-33-37(40)15-1)47-25-7-8-26-50(47)56-52-28-10-9-27-51(52)54(49-31-13-20-39-17-4-6-24-45(39)49)53-32-14-30-48(55(53)56)42-22-11-21-41(36-42)46-29-12-19-38-16-3-5-23-44(38)46/h1-36H. The molecule has 0 saturated heterocycles. The lowest BCUT2D eigenvalue weighted by Crippen LogP contribution is -1.95. The van der Waals surface area contributed by atoms with E-state index in [4.69, 9.17) is 0 Å². The fourth-order valence-corrected chi connectivity index (χ4v) is 9.12. The van der Waals surface area contributed by atoms with Crippen LogP contribution >= 0.6 is 0 Å². The Labute approximate surface area is 326 Å². The number of fused-ring (bicyclic) bond motifs is 5. The SMILES string of the molecule is c1cc(-c2cccc3ccccc23)cc(-c2cccc3c(-c4cccc5ccccc45)c4ccccc4c(-c4ccccc4-c4ccc5ccccc5c4)c23)c1. The van der Waals surface area contributed by atoms with Gasteiger partial charge in [-0.3, -0.25) is 0 Å². The summed E-state index contributed by atoms with van der Waals surface area (Å²) in [4.78, 5) is 0. The van der Waals surface area contributed by atoms with Gasteiger partial charge >= 0.3 is 0 Å². The first-order valence-electron chi connectivity index (χ1n) is 19.4. The van der Waals surface area contributed by atoms with Crippen molar-refractivity contribution in [2.45, 2.75) is 0 Å². The first kappa shape index (κ1) is 32.2. The van der Waals surface area contributed by atoms with Gasteiger partial charge in [0.15, 0.2) is 0 Å². The van der Waals surface area contributed by atoms with Gasteiger partial charge < -0.3 is 0 Å². The molecule has 0 aliphatic rings. The minimum Gasteiger partial charge on any atom is -0.0616 e. The minimum absolute atomic E-state index is 1.20. The topological polar surface area (TPSA) is 0 Å². The van der Waals surface area contributed by atoms with Gasteiger partial charge in [0.25, 0.3) is 0 Å². The van der Waals surface area contributed by atoms with E-state index in [0.717, 1.165) is 0 Å². The lowest BCUT2D eigenvalue weighted by atomic mass is 9.80. The third-order valence-corrected chi connectivity index (χ3v) is 11.6. The molecule has 0 amide bonds. The summed E-state index contributed by atoms with van der Waals surface area (Å²) in [5, 5.41) is 12.5. The normalized spacial score (nSPS) is 11.6. The molecule has 0 N–H and O–H groups in total. The Kier molecular flexibility index (Phi) is 7.60. The Bertz CT molecular complexity index is 3300. The zero-order valence-corrected chi connectivity index (χ0v) is 30.8. The molecule has 0 aliphatic carbocycles. The lowest BCUT2D eigenvalue weighted by molar-refractivity contribution is 1.61. The molecule has 0 fully saturated rings. The highest BCUT2D eigenvalue weighted by atomic mass is 14.3. The van der Waals surface area contributed by atoms with Crippen molar-refractivity contribution in [2.75, 3.05) is 0 Å². The first-order chi connectivity index (χ1) is 27.8. The van der Waals surface area contributed by atoms with Gasteiger partial charge in [-0.15, -0.1) is 0 Å². The average molecular weight is 709 g/mol. The summed E-state index contributed by atoms with van der Waals surface area (Å²) in [6.07, 6.45) is 0. The predicted molar refractivity (Wildman–Crippen MR) is 241 cm³/mol. The van der Waals surface area contributed by atoms with E-state index >= 15 is 0 Å². The van der Waals surface area contributed by atoms with Gasteiger partial charge in [-0.2, -0.15) is 0 Å². The summed E-state index contributed by atoms with van der Waals surface area (Å²) in [6, 6.07) is 80.5. The molecular weight excluding hydrogens is 673 g/mol. The van der Waals surface area contributed by atoms with Crippen LogP contribution in [0.25, 0.3) is 109 Å². The monoisotopic (exact) mass is 708 g/mol. The summed E-state index contributed by atoms with van der Waals surface area (Å²) in [5.74, 6) is 0. The molecule has 11 aromatic rings. The maximum Gasteiger partial charge on any atom is -0.00139 e. The van der Waals surface area contributed by atoms with Gasteiger partial charge in [0.1, 0.15) is 0 Å².